The largest absolute Gasteiger partial charge is 0.458 e. The van der Waals surface area contributed by atoms with Crippen molar-refractivity contribution >= 4 is 0 Å². The lowest BCUT2D eigenvalue weighted by atomic mass is 9.86. The van der Waals surface area contributed by atoms with E-state index in [0.29, 0.717) is 0 Å². The van der Waals surface area contributed by atoms with Crippen molar-refractivity contribution in [1.29, 1.82) is 5.26 Å². The summed E-state index contributed by atoms with van der Waals surface area (Å²) in [7, 11) is 0. The average Bonchev–Trinajstić information content (AvgIpc) is 2.74. The zero-order chi connectivity index (χ0) is 19.7. The van der Waals surface area contributed by atoms with Crippen molar-refractivity contribution in [3.05, 3.63) is 99.4 Å². The number of fused-ring (bicyclic) bond motifs is 1. The van der Waals surface area contributed by atoms with Gasteiger partial charge < -0.3 is 20.0 Å². The van der Waals surface area contributed by atoms with Gasteiger partial charge >= 0.3 is 0 Å². The van der Waals surface area contributed by atoms with Gasteiger partial charge in [-0.15, -0.1) is 0 Å². The predicted molar refractivity (Wildman–Crippen MR) is 102 cm³/mol. The molecular formula is C22H16N2O4. The number of rotatable bonds is 3. The summed E-state index contributed by atoms with van der Waals surface area (Å²) in [5.74, 6) is -0.634. The lowest BCUT2D eigenvalue weighted by Gasteiger charge is -2.24. The Kier molecular flexibility index (Phi) is 4.44. The van der Waals surface area contributed by atoms with E-state index in [9.17, 15) is 15.2 Å². The second-order valence-electron chi connectivity index (χ2n) is 6.34. The Morgan fingerprint density at radius 2 is 1.75 bits per heavy atom. The highest BCUT2D eigenvalue weighted by molar-refractivity contribution is 5.64. The van der Waals surface area contributed by atoms with Crippen LogP contribution in [-0.4, -0.2) is 5.11 Å². The summed E-state index contributed by atoms with van der Waals surface area (Å²) in [4.78, 5) is 12.3. The van der Waals surface area contributed by atoms with Crippen LogP contribution in [0.25, 0.3) is 11.1 Å². The van der Waals surface area contributed by atoms with Crippen LogP contribution in [-0.2, 0) is 6.61 Å². The van der Waals surface area contributed by atoms with E-state index in [1.54, 1.807) is 0 Å². The molecule has 4 rings (SSSR count). The molecule has 2 heterocycles. The SMILES string of the molecule is N#CC1=C(N)Oc2c(oc(CO)cc2=O)[C@@H]1c1ccc(-c2ccccc2)cc1. The van der Waals surface area contributed by atoms with E-state index < -0.39 is 18.0 Å². The third-order valence-corrected chi connectivity index (χ3v) is 4.64. The third kappa shape index (κ3) is 2.94. The summed E-state index contributed by atoms with van der Waals surface area (Å²) in [6.45, 7) is -0.441. The molecule has 28 heavy (non-hydrogen) atoms. The Labute approximate surface area is 160 Å². The molecule has 3 aromatic rings. The van der Waals surface area contributed by atoms with Crippen molar-refractivity contribution < 1.29 is 14.3 Å². The van der Waals surface area contributed by atoms with Gasteiger partial charge in [-0.1, -0.05) is 54.6 Å². The minimum absolute atomic E-state index is 0.0640. The molecule has 0 aliphatic carbocycles. The highest BCUT2D eigenvalue weighted by Gasteiger charge is 2.35. The summed E-state index contributed by atoms with van der Waals surface area (Å²) in [5.41, 5.74) is 8.38. The topological polar surface area (TPSA) is 109 Å². The first-order valence-electron chi connectivity index (χ1n) is 8.63. The van der Waals surface area contributed by atoms with Crippen LogP contribution in [0.1, 0.15) is 23.0 Å². The number of nitrogens with zero attached hydrogens (tertiary/aromatic N) is 1. The van der Waals surface area contributed by atoms with Crippen LogP contribution in [0.15, 0.2) is 81.3 Å². The molecule has 0 amide bonds. The quantitative estimate of drug-likeness (QED) is 0.731. The maximum atomic E-state index is 12.3. The van der Waals surface area contributed by atoms with E-state index in [2.05, 4.69) is 6.07 Å². The van der Waals surface area contributed by atoms with Gasteiger partial charge in [0.1, 0.15) is 24.0 Å². The molecule has 6 nitrogen and oxygen atoms in total. The van der Waals surface area contributed by atoms with Crippen molar-refractivity contribution in [3.63, 3.8) is 0 Å². The zero-order valence-electron chi connectivity index (χ0n) is 14.8. The number of hydrogen-bond acceptors (Lipinski definition) is 6. The van der Waals surface area contributed by atoms with E-state index >= 15 is 0 Å². The summed E-state index contributed by atoms with van der Waals surface area (Å²) in [6, 6.07) is 20.7. The molecule has 1 aliphatic rings. The molecule has 0 bridgehead atoms. The van der Waals surface area contributed by atoms with Crippen LogP contribution >= 0.6 is 0 Å². The lowest BCUT2D eigenvalue weighted by molar-refractivity contribution is 0.231. The Hall–Kier alpha value is -3.82. The highest BCUT2D eigenvalue weighted by atomic mass is 16.5. The van der Waals surface area contributed by atoms with Gasteiger partial charge in [0.15, 0.2) is 5.76 Å². The maximum absolute atomic E-state index is 12.3. The fraction of sp³-hybridized carbons (Fsp3) is 0.0909. The third-order valence-electron chi connectivity index (χ3n) is 4.64. The van der Waals surface area contributed by atoms with Gasteiger partial charge in [-0.05, 0) is 16.7 Å². The molecule has 6 heteroatoms. The smallest absolute Gasteiger partial charge is 0.228 e. The summed E-state index contributed by atoms with van der Waals surface area (Å²) in [5, 5.41) is 19.0. The maximum Gasteiger partial charge on any atom is 0.228 e. The van der Waals surface area contributed by atoms with Crippen LogP contribution in [0.3, 0.4) is 0 Å². The average molecular weight is 372 g/mol. The Morgan fingerprint density at radius 1 is 1.07 bits per heavy atom. The van der Waals surface area contributed by atoms with Crippen molar-refractivity contribution in [3.8, 4) is 22.9 Å². The van der Waals surface area contributed by atoms with E-state index in [1.807, 2.05) is 54.6 Å². The van der Waals surface area contributed by atoms with Gasteiger partial charge in [-0.2, -0.15) is 5.26 Å². The standard InChI is InChI=1S/C22H16N2O4/c23-11-17-19(15-8-6-14(7-9-15)13-4-2-1-3-5-13)21-20(28-22(17)24)18(26)10-16(12-25)27-21/h1-10,19,25H,12,24H2/t19-/m1/s1. The van der Waals surface area contributed by atoms with Gasteiger partial charge in [0.2, 0.25) is 17.1 Å². The first-order valence-corrected chi connectivity index (χ1v) is 8.63. The van der Waals surface area contributed by atoms with E-state index in [4.69, 9.17) is 14.9 Å². The Morgan fingerprint density at radius 3 is 2.39 bits per heavy atom. The number of aliphatic hydroxyl groups excluding tert-OH is 1. The van der Waals surface area contributed by atoms with Gasteiger partial charge in [0.25, 0.3) is 0 Å². The fourth-order valence-corrected chi connectivity index (χ4v) is 3.29. The molecule has 1 aromatic heterocycles. The number of ether oxygens (including phenoxy) is 1. The van der Waals surface area contributed by atoms with Crippen LogP contribution in [0.2, 0.25) is 0 Å². The molecule has 1 aliphatic heterocycles. The van der Waals surface area contributed by atoms with Crippen LogP contribution in [0.5, 0.6) is 5.75 Å². The molecule has 1 atom stereocenters. The van der Waals surface area contributed by atoms with E-state index in [1.165, 1.54) is 0 Å². The minimum Gasteiger partial charge on any atom is -0.458 e. The van der Waals surface area contributed by atoms with Crippen molar-refractivity contribution in [2.45, 2.75) is 12.5 Å². The molecule has 0 radical (unpaired) electrons. The van der Waals surface area contributed by atoms with Gasteiger partial charge in [-0.3, -0.25) is 4.79 Å². The van der Waals surface area contributed by atoms with E-state index in [0.717, 1.165) is 22.8 Å². The molecule has 0 unspecified atom stereocenters. The lowest BCUT2D eigenvalue weighted by Crippen LogP contribution is -2.25. The summed E-state index contributed by atoms with van der Waals surface area (Å²) in [6.07, 6.45) is 0. The van der Waals surface area contributed by atoms with Crippen molar-refractivity contribution in [2.24, 2.45) is 5.73 Å². The van der Waals surface area contributed by atoms with E-state index in [-0.39, 0.29) is 28.7 Å². The molecule has 3 N–H and O–H groups in total. The van der Waals surface area contributed by atoms with Gasteiger partial charge in [0.05, 0.1) is 5.92 Å². The second-order valence-corrected chi connectivity index (χ2v) is 6.34. The number of benzene rings is 2. The first kappa shape index (κ1) is 17.6. The van der Waals surface area contributed by atoms with Crippen LogP contribution < -0.4 is 15.9 Å². The monoisotopic (exact) mass is 372 g/mol. The number of hydrogen-bond donors (Lipinski definition) is 2. The van der Waals surface area contributed by atoms with Crippen LogP contribution in [0, 0.1) is 11.3 Å². The molecule has 0 fully saturated rings. The molecule has 138 valence electrons. The highest BCUT2D eigenvalue weighted by Crippen LogP contribution is 2.41. The Balaban J connectivity index is 1.85. The number of nitrogens with two attached hydrogens (primary N) is 1. The fourth-order valence-electron chi connectivity index (χ4n) is 3.29. The van der Waals surface area contributed by atoms with Crippen molar-refractivity contribution in [1.82, 2.24) is 0 Å². The number of nitriles is 1. The summed E-state index contributed by atoms with van der Waals surface area (Å²) >= 11 is 0. The molecule has 0 spiro atoms. The molecular weight excluding hydrogens is 356 g/mol. The zero-order valence-corrected chi connectivity index (χ0v) is 14.8. The normalized spacial score (nSPS) is 15.5. The minimum atomic E-state index is -0.697. The van der Waals surface area contributed by atoms with Gasteiger partial charge in [0, 0.05) is 6.07 Å². The molecule has 0 saturated carbocycles. The number of allylic oxidation sites excluding steroid dienone is 1. The number of aliphatic hydroxyl groups is 1. The van der Waals surface area contributed by atoms with Crippen LogP contribution in [0.4, 0.5) is 0 Å². The molecule has 2 aromatic carbocycles. The molecule has 0 saturated heterocycles. The predicted octanol–water partition coefficient (Wildman–Crippen LogP) is 3.02. The Bertz CT molecular complexity index is 1160. The second kappa shape index (κ2) is 7.06. The van der Waals surface area contributed by atoms with Gasteiger partial charge in [-0.25, -0.2) is 0 Å². The van der Waals surface area contributed by atoms with Crippen molar-refractivity contribution in [2.75, 3.05) is 0 Å². The first-order chi connectivity index (χ1) is 13.6. The summed E-state index contributed by atoms with van der Waals surface area (Å²) < 4.78 is 11.0.